The molecule has 0 unspecified atom stereocenters. The van der Waals surface area contributed by atoms with Gasteiger partial charge in [0.25, 0.3) is 11.6 Å². The molecule has 0 fully saturated rings. The van der Waals surface area contributed by atoms with E-state index in [-0.39, 0.29) is 5.75 Å². The van der Waals surface area contributed by atoms with Gasteiger partial charge in [0.05, 0.1) is 15.9 Å². The number of carbonyl (C=O) groups is 1. The lowest BCUT2D eigenvalue weighted by molar-refractivity contribution is -0.394. The maximum atomic E-state index is 12.2. The molecular formula is C21H14N4O7. The van der Waals surface area contributed by atoms with E-state index >= 15 is 0 Å². The van der Waals surface area contributed by atoms with Crippen molar-refractivity contribution in [1.82, 2.24) is 4.98 Å². The molecule has 11 nitrogen and oxygen atoms in total. The first-order valence-corrected chi connectivity index (χ1v) is 9.22. The van der Waals surface area contributed by atoms with Crippen molar-refractivity contribution in [3.8, 4) is 17.2 Å². The quantitative estimate of drug-likeness (QED) is 0.333. The molecule has 1 N–H and O–H groups in total. The van der Waals surface area contributed by atoms with E-state index in [1.807, 2.05) is 24.3 Å². The molecule has 4 aromatic rings. The number of nitrogens with zero attached hydrogens (tertiary/aromatic N) is 3. The Labute approximate surface area is 179 Å². The zero-order chi connectivity index (χ0) is 22.7. The number of aromatic nitrogens is 1. The Morgan fingerprint density at radius 3 is 2.44 bits per heavy atom. The number of anilines is 1. The second-order valence-corrected chi connectivity index (χ2v) is 6.57. The van der Waals surface area contributed by atoms with Gasteiger partial charge in [-0.15, -0.1) is 0 Å². The molecule has 0 bridgehead atoms. The fourth-order valence-corrected chi connectivity index (χ4v) is 2.92. The summed E-state index contributed by atoms with van der Waals surface area (Å²) in [4.78, 5) is 36.9. The molecule has 0 aliphatic rings. The number of nitro groups is 2. The first-order chi connectivity index (χ1) is 15.4. The van der Waals surface area contributed by atoms with Crippen LogP contribution in [0.25, 0.3) is 22.6 Å². The summed E-state index contributed by atoms with van der Waals surface area (Å²) in [6, 6.07) is 17.0. The van der Waals surface area contributed by atoms with E-state index in [0.29, 0.717) is 17.2 Å². The summed E-state index contributed by atoms with van der Waals surface area (Å²) < 4.78 is 10.9. The number of hydrogen-bond acceptors (Lipinski definition) is 8. The highest BCUT2D eigenvalue weighted by molar-refractivity contribution is 5.92. The number of non-ortho nitro benzene ring substituents is 1. The number of hydrogen-bond donors (Lipinski definition) is 1. The normalized spacial score (nSPS) is 10.6. The standard InChI is InChI=1S/C21H14N4O7/c26-20(12-31-19-10-9-15(24(27)28)11-17(19)25(29)30)22-14-7-5-13(6-8-14)21-23-16-3-1-2-4-18(16)32-21/h1-11H,12H2,(H,22,26). The average molecular weight is 434 g/mol. The summed E-state index contributed by atoms with van der Waals surface area (Å²) in [5, 5.41) is 24.5. The van der Waals surface area contributed by atoms with Crippen LogP contribution in [-0.4, -0.2) is 27.3 Å². The predicted molar refractivity (Wildman–Crippen MR) is 113 cm³/mol. The van der Waals surface area contributed by atoms with Gasteiger partial charge in [0.15, 0.2) is 17.9 Å². The average Bonchev–Trinajstić information content (AvgIpc) is 3.22. The van der Waals surface area contributed by atoms with Crippen molar-refractivity contribution in [3.05, 3.63) is 87.0 Å². The summed E-state index contributed by atoms with van der Waals surface area (Å²) in [5.74, 6) is -0.368. The van der Waals surface area contributed by atoms with E-state index in [2.05, 4.69) is 10.3 Å². The lowest BCUT2D eigenvalue weighted by atomic mass is 10.2. The number of fused-ring (bicyclic) bond motifs is 1. The second kappa shape index (κ2) is 8.52. The molecule has 0 atom stereocenters. The molecule has 11 heteroatoms. The third kappa shape index (κ3) is 4.36. The Kier molecular flexibility index (Phi) is 5.45. The van der Waals surface area contributed by atoms with Crippen molar-refractivity contribution < 1.29 is 23.8 Å². The van der Waals surface area contributed by atoms with Gasteiger partial charge in [-0.3, -0.25) is 25.0 Å². The van der Waals surface area contributed by atoms with Crippen LogP contribution in [0.15, 0.2) is 71.1 Å². The number of nitrogens with one attached hydrogen (secondary N) is 1. The second-order valence-electron chi connectivity index (χ2n) is 6.57. The smallest absolute Gasteiger partial charge is 0.317 e. The van der Waals surface area contributed by atoms with Crippen molar-refractivity contribution in [2.75, 3.05) is 11.9 Å². The van der Waals surface area contributed by atoms with Crippen LogP contribution in [0, 0.1) is 20.2 Å². The Hall–Kier alpha value is -4.80. The van der Waals surface area contributed by atoms with E-state index in [0.717, 1.165) is 29.3 Å². The number of benzene rings is 3. The van der Waals surface area contributed by atoms with Gasteiger partial charge in [-0.05, 0) is 42.5 Å². The molecule has 0 aliphatic carbocycles. The summed E-state index contributed by atoms with van der Waals surface area (Å²) in [6.45, 7) is -0.522. The number of carbonyl (C=O) groups excluding carboxylic acids is 1. The zero-order valence-corrected chi connectivity index (χ0v) is 16.3. The van der Waals surface area contributed by atoms with Gasteiger partial charge < -0.3 is 14.5 Å². The highest BCUT2D eigenvalue weighted by Crippen LogP contribution is 2.31. The minimum atomic E-state index is -0.814. The number of oxazole rings is 1. The molecule has 0 radical (unpaired) electrons. The summed E-state index contributed by atoms with van der Waals surface area (Å²) in [6.07, 6.45) is 0. The van der Waals surface area contributed by atoms with Crippen LogP contribution in [-0.2, 0) is 4.79 Å². The van der Waals surface area contributed by atoms with Crippen molar-refractivity contribution in [2.24, 2.45) is 0 Å². The van der Waals surface area contributed by atoms with Crippen LogP contribution < -0.4 is 10.1 Å². The Morgan fingerprint density at radius 2 is 1.75 bits per heavy atom. The van der Waals surface area contributed by atoms with Crippen LogP contribution in [0.4, 0.5) is 17.1 Å². The lowest BCUT2D eigenvalue weighted by Gasteiger charge is -2.08. The first-order valence-electron chi connectivity index (χ1n) is 9.22. The van der Waals surface area contributed by atoms with Crippen molar-refractivity contribution in [3.63, 3.8) is 0 Å². The molecule has 1 heterocycles. The van der Waals surface area contributed by atoms with Crippen LogP contribution in [0.5, 0.6) is 5.75 Å². The third-order valence-corrected chi connectivity index (χ3v) is 4.42. The first kappa shape index (κ1) is 20.5. The minimum absolute atomic E-state index is 0.248. The van der Waals surface area contributed by atoms with Crippen LogP contribution in [0.2, 0.25) is 0 Å². The number of ether oxygens (including phenoxy) is 1. The largest absolute Gasteiger partial charge is 0.477 e. The molecule has 0 saturated carbocycles. The fraction of sp³-hybridized carbons (Fsp3) is 0.0476. The Bertz CT molecular complexity index is 1300. The SMILES string of the molecule is O=C(COc1ccc([N+](=O)[O-])cc1[N+](=O)[O-])Nc1ccc(-c2nc3ccccc3o2)cc1. The molecule has 1 aromatic heterocycles. The number of amides is 1. The predicted octanol–water partition coefficient (Wildman–Crippen LogP) is 4.33. The van der Waals surface area contributed by atoms with E-state index in [4.69, 9.17) is 9.15 Å². The maximum Gasteiger partial charge on any atom is 0.317 e. The van der Waals surface area contributed by atoms with Crippen LogP contribution in [0.1, 0.15) is 0 Å². The fourth-order valence-electron chi connectivity index (χ4n) is 2.92. The van der Waals surface area contributed by atoms with E-state index in [9.17, 15) is 25.0 Å². The zero-order valence-electron chi connectivity index (χ0n) is 16.3. The Morgan fingerprint density at radius 1 is 1.00 bits per heavy atom. The molecule has 0 aliphatic heterocycles. The Balaban J connectivity index is 1.40. The molecule has 160 valence electrons. The van der Waals surface area contributed by atoms with Gasteiger partial charge in [-0.1, -0.05) is 12.1 Å². The van der Waals surface area contributed by atoms with Crippen molar-refractivity contribution >= 4 is 34.1 Å². The van der Waals surface area contributed by atoms with E-state index in [1.165, 1.54) is 0 Å². The summed E-state index contributed by atoms with van der Waals surface area (Å²) in [5.41, 5.74) is 1.53. The van der Waals surface area contributed by atoms with E-state index in [1.54, 1.807) is 24.3 Å². The molecule has 3 aromatic carbocycles. The highest BCUT2D eigenvalue weighted by atomic mass is 16.6. The van der Waals surface area contributed by atoms with E-state index < -0.39 is 33.7 Å². The highest BCUT2D eigenvalue weighted by Gasteiger charge is 2.21. The lowest BCUT2D eigenvalue weighted by Crippen LogP contribution is -2.20. The van der Waals surface area contributed by atoms with Crippen molar-refractivity contribution in [1.29, 1.82) is 0 Å². The van der Waals surface area contributed by atoms with Gasteiger partial charge in [-0.25, -0.2) is 4.98 Å². The molecular weight excluding hydrogens is 420 g/mol. The van der Waals surface area contributed by atoms with Gasteiger partial charge in [0, 0.05) is 17.3 Å². The third-order valence-electron chi connectivity index (χ3n) is 4.42. The van der Waals surface area contributed by atoms with Gasteiger partial charge in [0.1, 0.15) is 5.52 Å². The van der Waals surface area contributed by atoms with Crippen LogP contribution >= 0.6 is 0 Å². The molecule has 0 saturated heterocycles. The summed E-state index contributed by atoms with van der Waals surface area (Å²) >= 11 is 0. The van der Waals surface area contributed by atoms with Crippen molar-refractivity contribution in [2.45, 2.75) is 0 Å². The monoisotopic (exact) mass is 434 g/mol. The minimum Gasteiger partial charge on any atom is -0.477 e. The van der Waals surface area contributed by atoms with Crippen LogP contribution in [0.3, 0.4) is 0 Å². The number of para-hydroxylation sites is 2. The number of nitro benzene ring substituents is 2. The molecule has 32 heavy (non-hydrogen) atoms. The molecule has 1 amide bonds. The molecule has 4 rings (SSSR count). The number of rotatable bonds is 7. The van der Waals surface area contributed by atoms with Gasteiger partial charge in [0.2, 0.25) is 5.89 Å². The van der Waals surface area contributed by atoms with Gasteiger partial charge in [-0.2, -0.15) is 0 Å². The molecule has 0 spiro atoms. The topological polar surface area (TPSA) is 151 Å². The maximum absolute atomic E-state index is 12.2. The van der Waals surface area contributed by atoms with Gasteiger partial charge >= 0.3 is 5.69 Å². The summed E-state index contributed by atoms with van der Waals surface area (Å²) in [7, 11) is 0.